The molecular weight excluding hydrogens is 352 g/mol. The van der Waals surface area contributed by atoms with Gasteiger partial charge in [-0.15, -0.1) is 0 Å². The third-order valence-corrected chi connectivity index (χ3v) is 5.55. The predicted octanol–water partition coefficient (Wildman–Crippen LogP) is 2.78. The fourth-order valence-corrected chi connectivity index (χ4v) is 3.93. The van der Waals surface area contributed by atoms with Crippen LogP contribution in [-0.4, -0.2) is 33.2 Å². The highest BCUT2D eigenvalue weighted by molar-refractivity contribution is 7.92. The van der Waals surface area contributed by atoms with Crippen LogP contribution in [-0.2, 0) is 14.8 Å². The Labute approximate surface area is 153 Å². The molecule has 0 fully saturated rings. The highest BCUT2D eigenvalue weighted by Gasteiger charge is 2.35. The maximum atomic E-state index is 12.8. The second kappa shape index (κ2) is 6.64. The van der Waals surface area contributed by atoms with Gasteiger partial charge in [0.15, 0.2) is 6.10 Å². The van der Waals surface area contributed by atoms with Gasteiger partial charge >= 0.3 is 0 Å². The first kappa shape index (κ1) is 18.3. The average molecular weight is 374 g/mol. The molecule has 0 saturated carbocycles. The van der Waals surface area contributed by atoms with Crippen molar-refractivity contribution >= 4 is 27.3 Å². The van der Waals surface area contributed by atoms with Crippen LogP contribution in [0.5, 0.6) is 5.75 Å². The maximum absolute atomic E-state index is 12.8. The standard InChI is InChI=1S/C19H22N2O4S/c1-12-8-9-16-15(10-12)21(26(4,23)24)11-17(25-16)19(22)20-18-13(2)6-5-7-14(18)3/h5-10,17H,11H2,1-4H3,(H,20,22). The largest absolute Gasteiger partial charge is 0.476 e. The zero-order valence-corrected chi connectivity index (χ0v) is 16.1. The Hall–Kier alpha value is -2.54. The first-order valence-corrected chi connectivity index (χ1v) is 10.1. The van der Waals surface area contributed by atoms with Crippen molar-refractivity contribution in [3.05, 3.63) is 53.1 Å². The summed E-state index contributed by atoms with van der Waals surface area (Å²) in [5.41, 5.74) is 3.97. The molecule has 2 aromatic carbocycles. The van der Waals surface area contributed by atoms with Gasteiger partial charge in [-0.25, -0.2) is 8.42 Å². The third-order valence-electron chi connectivity index (χ3n) is 4.41. The third kappa shape index (κ3) is 3.53. The van der Waals surface area contributed by atoms with E-state index >= 15 is 0 Å². The first-order chi connectivity index (χ1) is 12.2. The van der Waals surface area contributed by atoms with Crippen molar-refractivity contribution in [3.8, 4) is 5.75 Å². The summed E-state index contributed by atoms with van der Waals surface area (Å²) in [5.74, 6) is 0.0104. The summed E-state index contributed by atoms with van der Waals surface area (Å²) < 4.78 is 31.5. The molecule has 138 valence electrons. The van der Waals surface area contributed by atoms with Crippen LogP contribution in [0.4, 0.5) is 11.4 Å². The van der Waals surface area contributed by atoms with Crippen molar-refractivity contribution in [1.29, 1.82) is 0 Å². The summed E-state index contributed by atoms with van der Waals surface area (Å²) in [7, 11) is -3.54. The van der Waals surface area contributed by atoms with Gasteiger partial charge in [0.2, 0.25) is 10.0 Å². The molecule has 1 atom stereocenters. The van der Waals surface area contributed by atoms with Crippen LogP contribution in [0.15, 0.2) is 36.4 Å². The summed E-state index contributed by atoms with van der Waals surface area (Å²) in [5, 5.41) is 2.88. The molecule has 0 aliphatic carbocycles. The number of rotatable bonds is 3. The van der Waals surface area contributed by atoms with Crippen molar-refractivity contribution in [1.82, 2.24) is 0 Å². The van der Waals surface area contributed by atoms with Crippen LogP contribution in [0.2, 0.25) is 0 Å². The van der Waals surface area contributed by atoms with E-state index in [4.69, 9.17) is 4.74 Å². The second-order valence-electron chi connectivity index (χ2n) is 6.63. The van der Waals surface area contributed by atoms with E-state index in [1.54, 1.807) is 12.1 Å². The molecule has 1 aliphatic heterocycles. The van der Waals surface area contributed by atoms with E-state index in [0.717, 1.165) is 28.6 Å². The monoisotopic (exact) mass is 374 g/mol. The molecule has 0 spiro atoms. The number of carbonyl (C=O) groups excluding carboxylic acids is 1. The molecule has 0 saturated heterocycles. The zero-order chi connectivity index (χ0) is 19.1. The lowest BCUT2D eigenvalue weighted by atomic mass is 10.1. The molecule has 0 radical (unpaired) electrons. The molecule has 1 N–H and O–H groups in total. The minimum atomic E-state index is -3.54. The molecule has 1 aliphatic rings. The lowest BCUT2D eigenvalue weighted by molar-refractivity contribution is -0.122. The number of sulfonamides is 1. The fraction of sp³-hybridized carbons (Fsp3) is 0.316. The van der Waals surface area contributed by atoms with Gasteiger partial charge in [0.25, 0.3) is 5.91 Å². The normalized spacial score (nSPS) is 16.6. The van der Waals surface area contributed by atoms with Crippen molar-refractivity contribution in [3.63, 3.8) is 0 Å². The van der Waals surface area contributed by atoms with Crippen LogP contribution in [0, 0.1) is 20.8 Å². The van der Waals surface area contributed by atoms with Gasteiger partial charge in [0.1, 0.15) is 5.75 Å². The van der Waals surface area contributed by atoms with Gasteiger partial charge < -0.3 is 10.1 Å². The van der Waals surface area contributed by atoms with E-state index in [9.17, 15) is 13.2 Å². The van der Waals surface area contributed by atoms with Gasteiger partial charge in [-0.1, -0.05) is 24.3 Å². The predicted molar refractivity (Wildman–Crippen MR) is 102 cm³/mol. The van der Waals surface area contributed by atoms with E-state index in [-0.39, 0.29) is 12.5 Å². The van der Waals surface area contributed by atoms with Gasteiger partial charge in [-0.2, -0.15) is 0 Å². The number of nitrogens with zero attached hydrogens (tertiary/aromatic N) is 1. The fourth-order valence-electron chi connectivity index (χ4n) is 3.03. The molecule has 1 amide bonds. The molecule has 7 heteroatoms. The Morgan fingerprint density at radius 2 is 1.81 bits per heavy atom. The van der Waals surface area contributed by atoms with Gasteiger partial charge in [-0.3, -0.25) is 9.10 Å². The van der Waals surface area contributed by atoms with E-state index in [0.29, 0.717) is 11.4 Å². The second-order valence-corrected chi connectivity index (χ2v) is 8.53. The van der Waals surface area contributed by atoms with Crippen LogP contribution in [0.25, 0.3) is 0 Å². The number of amides is 1. The summed E-state index contributed by atoms with van der Waals surface area (Å²) >= 11 is 0. The summed E-state index contributed by atoms with van der Waals surface area (Å²) in [6, 6.07) is 11.0. The SMILES string of the molecule is Cc1ccc2c(c1)N(S(C)(=O)=O)CC(C(=O)Nc1c(C)cccc1C)O2. The van der Waals surface area contributed by atoms with Crippen LogP contribution >= 0.6 is 0 Å². The van der Waals surface area contributed by atoms with E-state index in [1.807, 2.05) is 45.0 Å². The molecule has 6 nitrogen and oxygen atoms in total. The summed E-state index contributed by atoms with van der Waals surface area (Å²) in [6.45, 7) is 5.63. The number of hydrogen-bond donors (Lipinski definition) is 1. The van der Waals surface area contributed by atoms with Crippen LogP contribution in [0.3, 0.4) is 0 Å². The quantitative estimate of drug-likeness (QED) is 0.896. The van der Waals surface area contributed by atoms with Crippen LogP contribution < -0.4 is 14.4 Å². The Bertz CT molecular complexity index is 949. The zero-order valence-electron chi connectivity index (χ0n) is 15.2. The van der Waals surface area contributed by atoms with E-state index in [1.165, 1.54) is 4.31 Å². The topological polar surface area (TPSA) is 75.7 Å². The number of anilines is 2. The Balaban J connectivity index is 1.92. The average Bonchev–Trinajstić information content (AvgIpc) is 2.56. The highest BCUT2D eigenvalue weighted by Crippen LogP contribution is 2.36. The minimum absolute atomic E-state index is 0.0634. The molecule has 1 heterocycles. The van der Waals surface area contributed by atoms with Crippen molar-refractivity contribution in [2.24, 2.45) is 0 Å². The van der Waals surface area contributed by atoms with E-state index < -0.39 is 16.1 Å². The highest BCUT2D eigenvalue weighted by atomic mass is 32.2. The molecule has 26 heavy (non-hydrogen) atoms. The number of carbonyl (C=O) groups is 1. The van der Waals surface area contributed by atoms with E-state index in [2.05, 4.69) is 5.32 Å². The van der Waals surface area contributed by atoms with Crippen molar-refractivity contribution in [2.75, 3.05) is 22.4 Å². The number of nitrogens with one attached hydrogen (secondary N) is 1. The number of fused-ring (bicyclic) bond motifs is 1. The first-order valence-electron chi connectivity index (χ1n) is 8.29. The van der Waals surface area contributed by atoms with Gasteiger partial charge in [0.05, 0.1) is 18.5 Å². The Kier molecular flexibility index (Phi) is 4.66. The van der Waals surface area contributed by atoms with Crippen molar-refractivity contribution < 1.29 is 17.9 Å². The number of ether oxygens (including phenoxy) is 1. The molecule has 0 aromatic heterocycles. The number of aryl methyl sites for hydroxylation is 3. The summed E-state index contributed by atoms with van der Waals surface area (Å²) in [4.78, 5) is 12.8. The lowest BCUT2D eigenvalue weighted by Crippen LogP contribution is -2.48. The van der Waals surface area contributed by atoms with Crippen LogP contribution in [0.1, 0.15) is 16.7 Å². The molecule has 0 bridgehead atoms. The molecule has 3 rings (SSSR count). The lowest BCUT2D eigenvalue weighted by Gasteiger charge is -2.34. The van der Waals surface area contributed by atoms with Gasteiger partial charge in [-0.05, 0) is 49.6 Å². The molecular formula is C19H22N2O4S. The summed E-state index contributed by atoms with van der Waals surface area (Å²) in [6.07, 6.45) is 0.198. The number of benzene rings is 2. The minimum Gasteiger partial charge on any atom is -0.476 e. The number of hydrogen-bond acceptors (Lipinski definition) is 4. The molecule has 2 aromatic rings. The Morgan fingerprint density at radius 3 is 2.42 bits per heavy atom. The Morgan fingerprint density at radius 1 is 1.15 bits per heavy atom. The smallest absolute Gasteiger partial charge is 0.267 e. The van der Waals surface area contributed by atoms with Crippen molar-refractivity contribution in [2.45, 2.75) is 26.9 Å². The molecule has 1 unspecified atom stereocenters. The number of para-hydroxylation sites is 1. The van der Waals surface area contributed by atoms with Gasteiger partial charge in [0, 0.05) is 5.69 Å². The maximum Gasteiger partial charge on any atom is 0.267 e.